The summed E-state index contributed by atoms with van der Waals surface area (Å²) in [5, 5.41) is 9.09. The highest BCUT2D eigenvalue weighted by Crippen LogP contribution is 2.42. The maximum atomic E-state index is 9.09. The molecule has 0 amide bonds. The van der Waals surface area contributed by atoms with Crippen LogP contribution in [0.4, 0.5) is 0 Å². The first-order valence-electron chi connectivity index (χ1n) is 9.17. The van der Waals surface area contributed by atoms with Gasteiger partial charge in [0.2, 0.25) is 0 Å². The highest BCUT2D eigenvalue weighted by atomic mass is 16.5. The van der Waals surface area contributed by atoms with Gasteiger partial charge < -0.3 is 14.4 Å². The van der Waals surface area contributed by atoms with Crippen molar-refractivity contribution in [2.75, 3.05) is 34.4 Å². The number of nitrogens with zero attached hydrogens (tertiary/aromatic N) is 3. The number of aliphatic imine (C=N–C) groups is 1. The van der Waals surface area contributed by atoms with E-state index in [-0.39, 0.29) is 6.04 Å². The van der Waals surface area contributed by atoms with E-state index in [2.05, 4.69) is 24.1 Å². The number of hydrogen-bond acceptors (Lipinski definition) is 5. The van der Waals surface area contributed by atoms with Crippen molar-refractivity contribution in [3.63, 3.8) is 0 Å². The van der Waals surface area contributed by atoms with Gasteiger partial charge in [-0.05, 0) is 49.8 Å². The van der Waals surface area contributed by atoms with Crippen LogP contribution >= 0.6 is 0 Å². The minimum Gasteiger partial charge on any atom is -0.493 e. The SMILES string of the molecule is COc1cc2c(cc1OC)[C@H]1CN(C)CC[C@H]1N=C2c1ccc(C#N)cc1. The molecule has 0 spiro atoms. The number of nitriles is 1. The highest BCUT2D eigenvalue weighted by Gasteiger charge is 2.36. The largest absolute Gasteiger partial charge is 0.493 e. The average molecular weight is 361 g/mol. The van der Waals surface area contributed by atoms with Gasteiger partial charge in [0.05, 0.1) is 37.6 Å². The highest BCUT2D eigenvalue weighted by molar-refractivity contribution is 6.15. The number of hydrogen-bond donors (Lipinski definition) is 0. The quantitative estimate of drug-likeness (QED) is 0.842. The summed E-state index contributed by atoms with van der Waals surface area (Å²) in [6.45, 7) is 2.03. The smallest absolute Gasteiger partial charge is 0.161 e. The zero-order valence-corrected chi connectivity index (χ0v) is 15.9. The van der Waals surface area contributed by atoms with Crippen molar-refractivity contribution in [1.29, 1.82) is 5.26 Å². The number of likely N-dealkylation sites (N-methyl/N-ethyl adjacent to an activating group) is 1. The molecule has 2 aliphatic rings. The van der Waals surface area contributed by atoms with Gasteiger partial charge in [-0.25, -0.2) is 0 Å². The van der Waals surface area contributed by atoms with Crippen molar-refractivity contribution in [2.24, 2.45) is 4.99 Å². The van der Waals surface area contributed by atoms with E-state index in [1.807, 2.05) is 30.3 Å². The number of likely N-dealkylation sites (tertiary alicyclic amines) is 1. The molecule has 27 heavy (non-hydrogen) atoms. The third-order valence-corrected chi connectivity index (χ3v) is 5.57. The Bertz CT molecular complexity index is 928. The molecule has 2 aromatic carbocycles. The second kappa shape index (κ2) is 7.05. The van der Waals surface area contributed by atoms with Crippen LogP contribution in [0.15, 0.2) is 41.4 Å². The van der Waals surface area contributed by atoms with Crippen molar-refractivity contribution in [1.82, 2.24) is 4.90 Å². The molecule has 2 aliphatic heterocycles. The van der Waals surface area contributed by atoms with Crippen LogP contribution in [-0.2, 0) is 0 Å². The van der Waals surface area contributed by atoms with Gasteiger partial charge in [0.25, 0.3) is 0 Å². The monoisotopic (exact) mass is 361 g/mol. The van der Waals surface area contributed by atoms with E-state index in [0.29, 0.717) is 17.2 Å². The normalized spacial score (nSPS) is 21.5. The van der Waals surface area contributed by atoms with Gasteiger partial charge in [-0.2, -0.15) is 5.26 Å². The molecule has 0 aliphatic carbocycles. The first-order valence-corrected chi connectivity index (χ1v) is 9.17. The first kappa shape index (κ1) is 17.6. The molecule has 0 N–H and O–H groups in total. The minimum atomic E-state index is 0.262. The van der Waals surface area contributed by atoms with Crippen LogP contribution in [-0.4, -0.2) is 51.0 Å². The first-order chi connectivity index (χ1) is 13.1. The van der Waals surface area contributed by atoms with Crippen LogP contribution in [0, 0.1) is 11.3 Å². The lowest BCUT2D eigenvalue weighted by molar-refractivity contribution is 0.227. The molecule has 5 nitrogen and oxygen atoms in total. The van der Waals surface area contributed by atoms with Gasteiger partial charge in [0, 0.05) is 23.6 Å². The molecule has 1 saturated heterocycles. The van der Waals surface area contributed by atoms with Gasteiger partial charge in [0.1, 0.15) is 0 Å². The van der Waals surface area contributed by atoms with E-state index in [4.69, 9.17) is 19.7 Å². The number of piperidine rings is 1. The van der Waals surface area contributed by atoms with Crippen molar-refractivity contribution in [3.05, 3.63) is 58.7 Å². The van der Waals surface area contributed by atoms with Crippen LogP contribution in [0.1, 0.15) is 34.6 Å². The van der Waals surface area contributed by atoms with Gasteiger partial charge in [-0.15, -0.1) is 0 Å². The lowest BCUT2D eigenvalue weighted by Gasteiger charge is -2.39. The van der Waals surface area contributed by atoms with E-state index >= 15 is 0 Å². The Kier molecular flexibility index (Phi) is 4.59. The molecule has 2 aromatic rings. The Morgan fingerprint density at radius 1 is 1.11 bits per heavy atom. The summed E-state index contributed by atoms with van der Waals surface area (Å²) in [5.41, 5.74) is 5.01. The van der Waals surface area contributed by atoms with Crippen LogP contribution in [0.5, 0.6) is 11.5 Å². The molecule has 5 heteroatoms. The molecule has 2 atom stereocenters. The molecule has 0 bridgehead atoms. The zero-order valence-electron chi connectivity index (χ0n) is 15.9. The van der Waals surface area contributed by atoms with Crippen LogP contribution in [0.3, 0.4) is 0 Å². The Morgan fingerprint density at radius 3 is 2.48 bits per heavy atom. The van der Waals surface area contributed by atoms with Gasteiger partial charge in [-0.1, -0.05) is 12.1 Å². The maximum absolute atomic E-state index is 9.09. The fourth-order valence-electron chi connectivity index (χ4n) is 4.14. The predicted octanol–water partition coefficient (Wildman–Crippen LogP) is 3.21. The summed E-state index contributed by atoms with van der Waals surface area (Å²) in [4.78, 5) is 7.51. The van der Waals surface area contributed by atoms with E-state index < -0.39 is 0 Å². The summed E-state index contributed by atoms with van der Waals surface area (Å²) >= 11 is 0. The summed E-state index contributed by atoms with van der Waals surface area (Å²) in [6.07, 6.45) is 1.04. The Balaban J connectivity index is 1.88. The molecular formula is C22H23N3O2. The van der Waals surface area contributed by atoms with Gasteiger partial charge >= 0.3 is 0 Å². The summed E-state index contributed by atoms with van der Waals surface area (Å²) < 4.78 is 11.1. The number of methoxy groups -OCH3 is 2. The second-order valence-corrected chi connectivity index (χ2v) is 7.19. The topological polar surface area (TPSA) is 57.9 Å². The van der Waals surface area contributed by atoms with E-state index in [1.165, 1.54) is 5.56 Å². The molecule has 0 aromatic heterocycles. The van der Waals surface area contributed by atoms with E-state index in [9.17, 15) is 0 Å². The van der Waals surface area contributed by atoms with Crippen molar-refractivity contribution in [3.8, 4) is 17.6 Å². The zero-order chi connectivity index (χ0) is 19.0. The van der Waals surface area contributed by atoms with Crippen molar-refractivity contribution < 1.29 is 9.47 Å². The van der Waals surface area contributed by atoms with Gasteiger partial charge in [-0.3, -0.25) is 4.99 Å². The van der Waals surface area contributed by atoms with Crippen molar-refractivity contribution in [2.45, 2.75) is 18.4 Å². The molecule has 0 unspecified atom stereocenters. The van der Waals surface area contributed by atoms with Crippen molar-refractivity contribution >= 4 is 5.71 Å². The number of ether oxygens (including phenoxy) is 2. The molecule has 138 valence electrons. The lowest BCUT2D eigenvalue weighted by Crippen LogP contribution is -2.41. The maximum Gasteiger partial charge on any atom is 0.161 e. The van der Waals surface area contributed by atoms with Crippen LogP contribution in [0.2, 0.25) is 0 Å². The Hall–Kier alpha value is -2.84. The average Bonchev–Trinajstić information content (AvgIpc) is 2.72. The fraction of sp³-hybridized carbons (Fsp3) is 0.364. The molecule has 4 rings (SSSR count). The Morgan fingerprint density at radius 2 is 1.81 bits per heavy atom. The predicted molar refractivity (Wildman–Crippen MR) is 105 cm³/mol. The number of rotatable bonds is 3. The summed E-state index contributed by atoms with van der Waals surface area (Å²) in [7, 11) is 5.49. The second-order valence-electron chi connectivity index (χ2n) is 7.19. The lowest BCUT2D eigenvalue weighted by atomic mass is 9.79. The Labute approximate surface area is 159 Å². The molecule has 0 radical (unpaired) electrons. The van der Waals surface area contributed by atoms with E-state index in [1.54, 1.807) is 14.2 Å². The minimum absolute atomic E-state index is 0.262. The van der Waals surface area contributed by atoms with Crippen LogP contribution in [0.25, 0.3) is 0 Å². The third kappa shape index (κ3) is 3.07. The number of fused-ring (bicyclic) bond motifs is 3. The molecular weight excluding hydrogens is 338 g/mol. The fourth-order valence-corrected chi connectivity index (χ4v) is 4.14. The van der Waals surface area contributed by atoms with Crippen LogP contribution < -0.4 is 9.47 Å². The van der Waals surface area contributed by atoms with Gasteiger partial charge in [0.15, 0.2) is 11.5 Å². The van der Waals surface area contributed by atoms with E-state index in [0.717, 1.165) is 42.1 Å². The summed E-state index contributed by atoms with van der Waals surface area (Å²) in [6, 6.07) is 14.2. The third-order valence-electron chi connectivity index (χ3n) is 5.57. The number of benzene rings is 2. The summed E-state index contributed by atoms with van der Waals surface area (Å²) in [5.74, 6) is 1.81. The molecule has 2 heterocycles. The molecule has 0 saturated carbocycles. The molecule has 1 fully saturated rings. The standard InChI is InChI=1S/C22H23N3O2/c1-25-9-8-19-18(13-25)16-10-20(26-2)21(27-3)11-17(16)22(24-19)15-6-4-14(12-23)5-7-15/h4-7,10-11,18-19H,8-9,13H2,1-3H3/t18-,19-/m1/s1.